The molecule has 28 heavy (non-hydrogen) atoms. The molecule has 0 aliphatic heterocycles. The molecular formula is C23H14FNO3. The fourth-order valence-corrected chi connectivity index (χ4v) is 3.60. The molecule has 0 atom stereocenters. The van der Waals surface area contributed by atoms with Crippen LogP contribution in [0.3, 0.4) is 0 Å². The third-order valence-corrected chi connectivity index (χ3v) is 4.87. The predicted octanol–water partition coefficient (Wildman–Crippen LogP) is 5.88. The Bertz CT molecular complexity index is 1350. The van der Waals surface area contributed by atoms with Crippen molar-refractivity contribution in [1.82, 2.24) is 4.57 Å². The summed E-state index contributed by atoms with van der Waals surface area (Å²) in [7, 11) is 0. The number of nitrogens with zero attached hydrogens (tertiary/aromatic N) is 1. The Morgan fingerprint density at radius 3 is 2.43 bits per heavy atom. The van der Waals surface area contributed by atoms with E-state index >= 15 is 0 Å². The standard InChI is InChI=1S/C23H14FNO3/c24-16-8-5-15(6-9-16)20-13-18-17-4-2-1-3-14(17)7-10-19(18)25(20)22-12-11-21(28-22)23(26)27/h1-13H,(H,26,27). The van der Waals surface area contributed by atoms with Crippen LogP contribution in [0, 0.1) is 5.82 Å². The normalized spacial score (nSPS) is 11.3. The lowest BCUT2D eigenvalue weighted by Crippen LogP contribution is -1.96. The van der Waals surface area contributed by atoms with Gasteiger partial charge in [0.05, 0.1) is 11.2 Å². The Balaban J connectivity index is 1.86. The molecule has 0 aliphatic rings. The molecule has 2 aromatic heterocycles. The summed E-state index contributed by atoms with van der Waals surface area (Å²) in [5.74, 6) is -1.19. The number of hydrogen-bond donors (Lipinski definition) is 1. The number of fused-ring (bicyclic) bond motifs is 3. The third-order valence-electron chi connectivity index (χ3n) is 4.87. The zero-order chi connectivity index (χ0) is 19.3. The molecule has 5 aromatic rings. The van der Waals surface area contributed by atoms with Crippen LogP contribution in [0.15, 0.2) is 83.3 Å². The van der Waals surface area contributed by atoms with Gasteiger partial charge >= 0.3 is 5.97 Å². The molecule has 0 fully saturated rings. The maximum atomic E-state index is 13.4. The van der Waals surface area contributed by atoms with E-state index in [0.717, 1.165) is 32.9 Å². The molecule has 5 heteroatoms. The molecular weight excluding hydrogens is 357 g/mol. The lowest BCUT2D eigenvalue weighted by atomic mass is 10.1. The van der Waals surface area contributed by atoms with E-state index < -0.39 is 5.97 Å². The monoisotopic (exact) mass is 371 g/mol. The van der Waals surface area contributed by atoms with Crippen molar-refractivity contribution in [2.45, 2.75) is 0 Å². The highest BCUT2D eigenvalue weighted by atomic mass is 19.1. The first-order valence-corrected chi connectivity index (χ1v) is 8.74. The minimum atomic E-state index is -1.13. The molecule has 0 saturated carbocycles. The Morgan fingerprint density at radius 1 is 0.893 bits per heavy atom. The molecule has 0 saturated heterocycles. The van der Waals surface area contributed by atoms with Crippen LogP contribution in [0.5, 0.6) is 0 Å². The minimum Gasteiger partial charge on any atom is -0.475 e. The SMILES string of the molecule is O=C(O)c1ccc(-n2c(-c3ccc(F)cc3)cc3c4ccccc4ccc32)o1. The predicted molar refractivity (Wildman–Crippen MR) is 105 cm³/mol. The number of aromatic nitrogens is 1. The first-order chi connectivity index (χ1) is 13.6. The van der Waals surface area contributed by atoms with Gasteiger partial charge < -0.3 is 9.52 Å². The molecule has 0 bridgehead atoms. The van der Waals surface area contributed by atoms with Gasteiger partial charge in [0.1, 0.15) is 5.82 Å². The highest BCUT2D eigenvalue weighted by molar-refractivity contribution is 6.09. The molecule has 0 spiro atoms. The van der Waals surface area contributed by atoms with E-state index in [0.29, 0.717) is 5.88 Å². The second kappa shape index (κ2) is 6.09. The number of rotatable bonds is 3. The lowest BCUT2D eigenvalue weighted by Gasteiger charge is -2.08. The third kappa shape index (κ3) is 2.48. The summed E-state index contributed by atoms with van der Waals surface area (Å²) in [6, 6.07) is 23.3. The van der Waals surface area contributed by atoms with Gasteiger partial charge in [-0.2, -0.15) is 0 Å². The summed E-state index contributed by atoms with van der Waals surface area (Å²) in [6.07, 6.45) is 0. The smallest absolute Gasteiger partial charge is 0.371 e. The van der Waals surface area contributed by atoms with Gasteiger partial charge in [-0.25, -0.2) is 9.18 Å². The average Bonchev–Trinajstić information content (AvgIpc) is 3.33. The van der Waals surface area contributed by atoms with Crippen LogP contribution in [0.1, 0.15) is 10.6 Å². The van der Waals surface area contributed by atoms with Crippen molar-refractivity contribution in [2.75, 3.05) is 0 Å². The van der Waals surface area contributed by atoms with Gasteiger partial charge in [0.15, 0.2) is 0 Å². The summed E-state index contributed by atoms with van der Waals surface area (Å²) in [5.41, 5.74) is 2.47. The maximum Gasteiger partial charge on any atom is 0.371 e. The summed E-state index contributed by atoms with van der Waals surface area (Å²) in [5, 5.41) is 12.4. The van der Waals surface area contributed by atoms with Crippen LogP contribution >= 0.6 is 0 Å². The fraction of sp³-hybridized carbons (Fsp3) is 0. The van der Waals surface area contributed by atoms with Crippen LogP contribution in [-0.2, 0) is 0 Å². The van der Waals surface area contributed by atoms with Crippen molar-refractivity contribution in [3.05, 3.63) is 90.4 Å². The van der Waals surface area contributed by atoms with Gasteiger partial charge in [-0.3, -0.25) is 4.57 Å². The van der Waals surface area contributed by atoms with Gasteiger partial charge in [-0.15, -0.1) is 0 Å². The van der Waals surface area contributed by atoms with E-state index in [1.807, 2.05) is 47.0 Å². The van der Waals surface area contributed by atoms with E-state index in [1.165, 1.54) is 18.2 Å². The van der Waals surface area contributed by atoms with Crippen LogP contribution in [0.25, 0.3) is 38.8 Å². The zero-order valence-corrected chi connectivity index (χ0v) is 14.6. The Kier molecular flexibility index (Phi) is 3.55. The molecule has 136 valence electrons. The van der Waals surface area contributed by atoms with Crippen LogP contribution in [0.2, 0.25) is 0 Å². The van der Waals surface area contributed by atoms with Crippen LogP contribution in [0.4, 0.5) is 4.39 Å². The maximum absolute atomic E-state index is 13.4. The molecule has 1 N–H and O–H groups in total. The largest absolute Gasteiger partial charge is 0.475 e. The number of halogens is 1. The Hall–Kier alpha value is -3.86. The van der Waals surface area contributed by atoms with Crippen molar-refractivity contribution in [2.24, 2.45) is 0 Å². The minimum absolute atomic E-state index is 0.136. The molecule has 4 nitrogen and oxygen atoms in total. The second-order valence-corrected chi connectivity index (χ2v) is 6.53. The Labute approximate surface area is 159 Å². The van der Waals surface area contributed by atoms with Crippen molar-refractivity contribution >= 4 is 27.6 Å². The number of benzene rings is 3. The summed E-state index contributed by atoms with van der Waals surface area (Å²) in [4.78, 5) is 11.3. The summed E-state index contributed by atoms with van der Waals surface area (Å²) in [6.45, 7) is 0. The van der Waals surface area contributed by atoms with Crippen molar-refractivity contribution in [3.63, 3.8) is 0 Å². The molecule has 5 rings (SSSR count). The summed E-state index contributed by atoms with van der Waals surface area (Å²) >= 11 is 0. The highest BCUT2D eigenvalue weighted by Crippen LogP contribution is 2.36. The lowest BCUT2D eigenvalue weighted by molar-refractivity contribution is 0.0662. The average molecular weight is 371 g/mol. The van der Waals surface area contributed by atoms with E-state index in [1.54, 1.807) is 18.2 Å². The van der Waals surface area contributed by atoms with Crippen LogP contribution in [-0.4, -0.2) is 15.6 Å². The first-order valence-electron chi connectivity index (χ1n) is 8.74. The van der Waals surface area contributed by atoms with Gasteiger partial charge in [0, 0.05) is 11.5 Å². The van der Waals surface area contributed by atoms with Gasteiger partial charge in [0.2, 0.25) is 11.6 Å². The Morgan fingerprint density at radius 2 is 1.68 bits per heavy atom. The van der Waals surface area contributed by atoms with Crippen LogP contribution < -0.4 is 0 Å². The number of carbonyl (C=O) groups is 1. The highest BCUT2D eigenvalue weighted by Gasteiger charge is 2.18. The first kappa shape index (κ1) is 16.3. The summed E-state index contributed by atoms with van der Waals surface area (Å²) < 4.78 is 20.9. The van der Waals surface area contributed by atoms with Crippen molar-refractivity contribution in [3.8, 4) is 17.1 Å². The molecule has 2 heterocycles. The zero-order valence-electron chi connectivity index (χ0n) is 14.6. The van der Waals surface area contributed by atoms with E-state index in [-0.39, 0.29) is 11.6 Å². The van der Waals surface area contributed by atoms with E-state index in [9.17, 15) is 14.3 Å². The van der Waals surface area contributed by atoms with Crippen molar-refractivity contribution in [1.29, 1.82) is 0 Å². The number of carboxylic acids is 1. The number of carboxylic acid groups (broad SMARTS) is 1. The second-order valence-electron chi connectivity index (χ2n) is 6.53. The molecule has 3 aromatic carbocycles. The quantitative estimate of drug-likeness (QED) is 0.431. The topological polar surface area (TPSA) is 55.4 Å². The van der Waals surface area contributed by atoms with Crippen molar-refractivity contribution < 1.29 is 18.7 Å². The number of hydrogen-bond acceptors (Lipinski definition) is 2. The van der Waals surface area contributed by atoms with E-state index in [2.05, 4.69) is 0 Å². The van der Waals surface area contributed by atoms with Gasteiger partial charge in [-0.1, -0.05) is 30.3 Å². The number of aromatic carboxylic acids is 1. The molecule has 0 aliphatic carbocycles. The van der Waals surface area contributed by atoms with E-state index in [4.69, 9.17) is 4.42 Å². The molecule has 0 unspecified atom stereocenters. The fourth-order valence-electron chi connectivity index (χ4n) is 3.60. The van der Waals surface area contributed by atoms with Gasteiger partial charge in [0.25, 0.3) is 0 Å². The number of furan rings is 1. The molecule has 0 amide bonds. The molecule has 0 radical (unpaired) electrons. The van der Waals surface area contributed by atoms with Gasteiger partial charge in [-0.05, 0) is 58.8 Å².